The number of hydrogen-bond donors (Lipinski definition) is 1. The molecule has 1 atom stereocenters. The van der Waals surface area contributed by atoms with Gasteiger partial charge in [0, 0.05) is 19.6 Å². The standard InChI is InChI=1S/C17H20FN3O4/c1-2-5-19-16(22)15-11-21(17(23)25-15)12-3-4-14(13(18)10-12)20-6-8-24-9-7-20/h2-4,10,15H,1,5-9,11H2,(H,19,22)/t15-/m1/s1. The molecule has 25 heavy (non-hydrogen) atoms. The summed E-state index contributed by atoms with van der Waals surface area (Å²) in [7, 11) is 0. The van der Waals surface area contributed by atoms with E-state index in [0.717, 1.165) is 0 Å². The van der Waals surface area contributed by atoms with Gasteiger partial charge in [-0.1, -0.05) is 6.08 Å². The Balaban J connectivity index is 1.71. The second-order valence-corrected chi connectivity index (χ2v) is 5.75. The quantitative estimate of drug-likeness (QED) is 0.811. The Bertz CT molecular complexity index is 676. The average Bonchev–Trinajstić information content (AvgIpc) is 3.02. The van der Waals surface area contributed by atoms with Gasteiger partial charge in [0.2, 0.25) is 0 Å². The highest BCUT2D eigenvalue weighted by molar-refractivity contribution is 5.95. The Hall–Kier alpha value is -2.61. The molecule has 0 saturated carbocycles. The fraction of sp³-hybridized carbons (Fsp3) is 0.412. The van der Waals surface area contributed by atoms with Crippen LogP contribution in [0.25, 0.3) is 0 Å². The van der Waals surface area contributed by atoms with Crippen LogP contribution in [-0.4, -0.2) is 57.5 Å². The molecule has 0 aliphatic carbocycles. The molecular weight excluding hydrogens is 329 g/mol. The lowest BCUT2D eigenvalue weighted by molar-refractivity contribution is -0.127. The van der Waals surface area contributed by atoms with Crippen LogP contribution in [0.1, 0.15) is 0 Å². The van der Waals surface area contributed by atoms with E-state index in [1.165, 1.54) is 17.0 Å². The number of amides is 2. The lowest BCUT2D eigenvalue weighted by Gasteiger charge is -2.29. The van der Waals surface area contributed by atoms with Crippen LogP contribution < -0.4 is 15.1 Å². The van der Waals surface area contributed by atoms with E-state index in [1.54, 1.807) is 12.1 Å². The zero-order chi connectivity index (χ0) is 17.8. The molecule has 1 aromatic carbocycles. The molecule has 2 aliphatic rings. The van der Waals surface area contributed by atoms with Crippen molar-refractivity contribution < 1.29 is 23.5 Å². The van der Waals surface area contributed by atoms with Gasteiger partial charge in [0.25, 0.3) is 5.91 Å². The minimum atomic E-state index is -0.922. The van der Waals surface area contributed by atoms with Crippen molar-refractivity contribution in [2.24, 2.45) is 0 Å². The largest absolute Gasteiger partial charge is 0.434 e. The summed E-state index contributed by atoms with van der Waals surface area (Å²) < 4.78 is 24.8. The van der Waals surface area contributed by atoms with Gasteiger partial charge in [-0.25, -0.2) is 9.18 Å². The second kappa shape index (κ2) is 7.52. The summed E-state index contributed by atoms with van der Waals surface area (Å²) in [5.41, 5.74) is 0.832. The molecule has 2 aliphatic heterocycles. The second-order valence-electron chi connectivity index (χ2n) is 5.75. The van der Waals surface area contributed by atoms with Gasteiger partial charge in [0.1, 0.15) is 5.82 Å². The molecule has 0 spiro atoms. The third-order valence-electron chi connectivity index (χ3n) is 4.12. The third kappa shape index (κ3) is 3.74. The zero-order valence-electron chi connectivity index (χ0n) is 13.7. The summed E-state index contributed by atoms with van der Waals surface area (Å²) in [4.78, 5) is 27.1. The van der Waals surface area contributed by atoms with E-state index in [2.05, 4.69) is 11.9 Å². The van der Waals surface area contributed by atoms with Crippen molar-refractivity contribution >= 4 is 23.4 Å². The van der Waals surface area contributed by atoms with Crippen LogP contribution in [-0.2, 0) is 14.3 Å². The van der Waals surface area contributed by atoms with Crippen molar-refractivity contribution in [2.45, 2.75) is 6.10 Å². The van der Waals surface area contributed by atoms with Gasteiger partial charge >= 0.3 is 6.09 Å². The first kappa shape index (κ1) is 17.2. The molecular formula is C17H20FN3O4. The maximum Gasteiger partial charge on any atom is 0.415 e. The van der Waals surface area contributed by atoms with Crippen LogP contribution >= 0.6 is 0 Å². The number of hydrogen-bond acceptors (Lipinski definition) is 5. The Labute approximate surface area is 145 Å². The Kier molecular flexibility index (Phi) is 5.18. The smallest absolute Gasteiger partial charge is 0.415 e. The van der Waals surface area contributed by atoms with Crippen molar-refractivity contribution in [1.82, 2.24) is 5.32 Å². The molecule has 2 heterocycles. The summed E-state index contributed by atoms with van der Waals surface area (Å²) in [5, 5.41) is 2.58. The number of anilines is 2. The summed E-state index contributed by atoms with van der Waals surface area (Å²) in [6.07, 6.45) is -0.0571. The van der Waals surface area contributed by atoms with Crippen LogP contribution in [0, 0.1) is 5.82 Å². The summed E-state index contributed by atoms with van der Waals surface area (Å²) >= 11 is 0. The SMILES string of the molecule is C=CCNC(=O)[C@H]1CN(c2ccc(N3CCOCC3)c(F)c2)C(=O)O1. The van der Waals surface area contributed by atoms with Crippen LogP contribution in [0.2, 0.25) is 0 Å². The molecule has 3 rings (SSSR count). The molecule has 2 amide bonds. The Morgan fingerprint density at radius 2 is 2.16 bits per heavy atom. The molecule has 7 nitrogen and oxygen atoms in total. The number of carbonyl (C=O) groups excluding carboxylic acids is 2. The van der Waals surface area contributed by atoms with Gasteiger partial charge < -0.3 is 19.7 Å². The van der Waals surface area contributed by atoms with Crippen molar-refractivity contribution in [3.63, 3.8) is 0 Å². The zero-order valence-corrected chi connectivity index (χ0v) is 13.7. The summed E-state index contributed by atoms with van der Waals surface area (Å²) in [5.74, 6) is -0.826. The van der Waals surface area contributed by atoms with Crippen molar-refractivity contribution in [3.8, 4) is 0 Å². The molecule has 1 N–H and O–H groups in total. The van der Waals surface area contributed by atoms with E-state index in [1.807, 2.05) is 4.90 Å². The molecule has 0 radical (unpaired) electrons. The lowest BCUT2D eigenvalue weighted by Crippen LogP contribution is -2.37. The van der Waals surface area contributed by atoms with Crippen molar-refractivity contribution in [3.05, 3.63) is 36.7 Å². The first-order chi connectivity index (χ1) is 12.1. The van der Waals surface area contributed by atoms with Crippen LogP contribution in [0.3, 0.4) is 0 Å². The first-order valence-corrected chi connectivity index (χ1v) is 8.09. The van der Waals surface area contributed by atoms with Crippen LogP contribution in [0.4, 0.5) is 20.6 Å². The number of benzene rings is 1. The molecule has 0 bridgehead atoms. The van der Waals surface area contributed by atoms with Gasteiger partial charge in [-0.3, -0.25) is 9.69 Å². The fourth-order valence-electron chi connectivity index (χ4n) is 2.82. The average molecular weight is 349 g/mol. The molecule has 2 fully saturated rings. The van der Waals surface area contributed by atoms with Gasteiger partial charge in [-0.05, 0) is 18.2 Å². The number of carbonyl (C=O) groups is 2. The molecule has 1 aromatic rings. The number of ether oxygens (including phenoxy) is 2. The number of halogens is 1. The fourth-order valence-corrected chi connectivity index (χ4v) is 2.82. The number of cyclic esters (lactones) is 1. The third-order valence-corrected chi connectivity index (χ3v) is 4.12. The summed E-state index contributed by atoms with van der Waals surface area (Å²) in [6.45, 7) is 6.18. The van der Waals surface area contributed by atoms with Gasteiger partial charge in [-0.15, -0.1) is 6.58 Å². The number of nitrogens with one attached hydrogen (secondary N) is 1. The normalized spacial score (nSPS) is 20.4. The molecule has 8 heteroatoms. The van der Waals surface area contributed by atoms with Crippen LogP contribution in [0.5, 0.6) is 0 Å². The lowest BCUT2D eigenvalue weighted by atomic mass is 10.2. The Morgan fingerprint density at radius 3 is 2.84 bits per heavy atom. The van der Waals surface area contributed by atoms with E-state index in [4.69, 9.17) is 9.47 Å². The minimum Gasteiger partial charge on any atom is -0.434 e. The number of morpholine rings is 1. The minimum absolute atomic E-state index is 0.0398. The van der Waals surface area contributed by atoms with E-state index in [0.29, 0.717) is 37.7 Å². The number of nitrogens with zero attached hydrogens (tertiary/aromatic N) is 2. The molecule has 134 valence electrons. The van der Waals surface area contributed by atoms with Crippen molar-refractivity contribution in [1.29, 1.82) is 0 Å². The highest BCUT2D eigenvalue weighted by atomic mass is 19.1. The highest BCUT2D eigenvalue weighted by Gasteiger charge is 2.37. The predicted octanol–water partition coefficient (Wildman–Crippen LogP) is 1.29. The highest BCUT2D eigenvalue weighted by Crippen LogP contribution is 2.28. The van der Waals surface area contributed by atoms with Crippen molar-refractivity contribution in [2.75, 3.05) is 49.2 Å². The predicted molar refractivity (Wildman–Crippen MR) is 90.3 cm³/mol. The molecule has 0 aromatic heterocycles. The maximum atomic E-state index is 14.5. The summed E-state index contributed by atoms with van der Waals surface area (Å²) in [6, 6.07) is 4.57. The van der Waals surface area contributed by atoms with E-state index in [-0.39, 0.29) is 13.1 Å². The van der Waals surface area contributed by atoms with Crippen LogP contribution in [0.15, 0.2) is 30.9 Å². The van der Waals surface area contributed by atoms with Gasteiger partial charge in [-0.2, -0.15) is 0 Å². The Morgan fingerprint density at radius 1 is 1.40 bits per heavy atom. The number of rotatable bonds is 5. The van der Waals surface area contributed by atoms with Gasteiger partial charge in [0.15, 0.2) is 6.10 Å². The maximum absolute atomic E-state index is 14.5. The molecule has 2 saturated heterocycles. The first-order valence-electron chi connectivity index (χ1n) is 8.09. The van der Waals surface area contributed by atoms with E-state index < -0.39 is 23.9 Å². The monoisotopic (exact) mass is 349 g/mol. The molecule has 0 unspecified atom stereocenters. The van der Waals surface area contributed by atoms with E-state index in [9.17, 15) is 14.0 Å². The van der Waals surface area contributed by atoms with Gasteiger partial charge in [0.05, 0.1) is 31.1 Å². The topological polar surface area (TPSA) is 71.1 Å². The van der Waals surface area contributed by atoms with E-state index >= 15 is 0 Å².